The number of hydrogen-bond acceptors (Lipinski definition) is 5. The standard InChI is InChI=1S/C10H16N4O3/c1-8(14-7-11-6-13-14)9(15)12-4-10(16)2-3-17-5-10/h6-8,16H,2-5H2,1H3,(H,12,15). The van der Waals surface area contributed by atoms with Gasteiger partial charge in [-0.05, 0) is 6.92 Å². The first kappa shape index (κ1) is 12.0. The van der Waals surface area contributed by atoms with E-state index in [-0.39, 0.29) is 19.1 Å². The van der Waals surface area contributed by atoms with Crippen LogP contribution in [0.25, 0.3) is 0 Å². The average Bonchev–Trinajstić information content (AvgIpc) is 2.96. The summed E-state index contributed by atoms with van der Waals surface area (Å²) in [5.41, 5.74) is -0.933. The zero-order chi connectivity index (χ0) is 12.3. The lowest BCUT2D eigenvalue weighted by Crippen LogP contribution is -2.45. The average molecular weight is 240 g/mol. The molecule has 7 heteroatoms. The molecular weight excluding hydrogens is 224 g/mol. The van der Waals surface area contributed by atoms with Crippen LogP contribution in [0.5, 0.6) is 0 Å². The van der Waals surface area contributed by atoms with Crippen LogP contribution in [-0.2, 0) is 9.53 Å². The van der Waals surface area contributed by atoms with Gasteiger partial charge < -0.3 is 15.2 Å². The van der Waals surface area contributed by atoms with Gasteiger partial charge in [-0.1, -0.05) is 0 Å². The van der Waals surface area contributed by atoms with E-state index in [9.17, 15) is 9.90 Å². The summed E-state index contributed by atoms with van der Waals surface area (Å²) in [4.78, 5) is 15.6. The molecule has 2 rings (SSSR count). The second kappa shape index (κ2) is 4.80. The Balaban J connectivity index is 1.85. The molecule has 0 aromatic carbocycles. The van der Waals surface area contributed by atoms with E-state index in [0.717, 1.165) is 0 Å². The fraction of sp³-hybridized carbons (Fsp3) is 0.700. The zero-order valence-corrected chi connectivity index (χ0v) is 9.67. The number of aliphatic hydroxyl groups is 1. The lowest BCUT2D eigenvalue weighted by atomic mass is 10.0. The van der Waals surface area contributed by atoms with Gasteiger partial charge in [-0.2, -0.15) is 5.10 Å². The van der Waals surface area contributed by atoms with E-state index in [1.54, 1.807) is 6.92 Å². The zero-order valence-electron chi connectivity index (χ0n) is 9.67. The van der Waals surface area contributed by atoms with Crippen molar-refractivity contribution in [2.45, 2.75) is 25.0 Å². The van der Waals surface area contributed by atoms with Gasteiger partial charge in [0, 0.05) is 19.6 Å². The maximum atomic E-state index is 11.8. The van der Waals surface area contributed by atoms with E-state index in [1.807, 2.05) is 0 Å². The molecule has 1 aromatic heterocycles. The summed E-state index contributed by atoms with van der Waals surface area (Å²) in [5.74, 6) is -0.198. The van der Waals surface area contributed by atoms with Crippen LogP contribution in [0.4, 0.5) is 0 Å². The van der Waals surface area contributed by atoms with Crippen molar-refractivity contribution in [2.75, 3.05) is 19.8 Å². The number of rotatable bonds is 4. The molecule has 2 heterocycles. The SMILES string of the molecule is CC(C(=O)NCC1(O)CCOC1)n1cncn1. The number of carbonyl (C=O) groups is 1. The summed E-state index contributed by atoms with van der Waals surface area (Å²) in [5, 5.41) is 16.6. The van der Waals surface area contributed by atoms with Crippen LogP contribution in [0.2, 0.25) is 0 Å². The molecule has 1 saturated heterocycles. The smallest absolute Gasteiger partial charge is 0.244 e. The Bertz CT molecular complexity index is 373. The lowest BCUT2D eigenvalue weighted by molar-refractivity contribution is -0.125. The molecule has 94 valence electrons. The molecule has 1 aliphatic rings. The van der Waals surface area contributed by atoms with Crippen LogP contribution < -0.4 is 5.32 Å². The van der Waals surface area contributed by atoms with E-state index >= 15 is 0 Å². The molecule has 1 fully saturated rings. The third-order valence-electron chi connectivity index (χ3n) is 2.89. The molecule has 2 atom stereocenters. The quantitative estimate of drug-likeness (QED) is 0.712. The molecular formula is C10H16N4O3. The van der Waals surface area contributed by atoms with Crippen LogP contribution in [0.3, 0.4) is 0 Å². The van der Waals surface area contributed by atoms with E-state index in [0.29, 0.717) is 13.0 Å². The number of carbonyl (C=O) groups excluding carboxylic acids is 1. The van der Waals surface area contributed by atoms with Crippen molar-refractivity contribution in [3.05, 3.63) is 12.7 Å². The van der Waals surface area contributed by atoms with Crippen molar-refractivity contribution in [1.29, 1.82) is 0 Å². The van der Waals surface area contributed by atoms with Gasteiger partial charge in [-0.15, -0.1) is 0 Å². The van der Waals surface area contributed by atoms with Crippen LogP contribution in [-0.4, -0.2) is 51.1 Å². The molecule has 0 spiro atoms. The van der Waals surface area contributed by atoms with Gasteiger partial charge >= 0.3 is 0 Å². The molecule has 1 aliphatic heterocycles. The molecule has 1 aromatic rings. The van der Waals surface area contributed by atoms with Gasteiger partial charge in [0.1, 0.15) is 24.3 Å². The van der Waals surface area contributed by atoms with Crippen LogP contribution in [0, 0.1) is 0 Å². The topological polar surface area (TPSA) is 89.3 Å². The predicted octanol–water partition coefficient (Wildman–Crippen LogP) is -0.893. The van der Waals surface area contributed by atoms with Crippen molar-refractivity contribution >= 4 is 5.91 Å². The normalized spacial score (nSPS) is 25.8. The third-order valence-corrected chi connectivity index (χ3v) is 2.89. The Morgan fingerprint density at radius 3 is 3.18 bits per heavy atom. The maximum absolute atomic E-state index is 11.8. The fourth-order valence-corrected chi connectivity index (χ4v) is 1.67. The van der Waals surface area contributed by atoms with Gasteiger partial charge in [0.2, 0.25) is 5.91 Å². The van der Waals surface area contributed by atoms with Crippen LogP contribution in [0.15, 0.2) is 12.7 Å². The van der Waals surface area contributed by atoms with Gasteiger partial charge in [0.15, 0.2) is 0 Å². The number of hydrogen-bond donors (Lipinski definition) is 2. The minimum Gasteiger partial charge on any atom is -0.386 e. The van der Waals surface area contributed by atoms with Crippen molar-refractivity contribution in [1.82, 2.24) is 20.1 Å². The molecule has 2 unspecified atom stereocenters. The minimum atomic E-state index is -0.933. The highest BCUT2D eigenvalue weighted by Gasteiger charge is 2.33. The highest BCUT2D eigenvalue weighted by atomic mass is 16.5. The number of ether oxygens (including phenoxy) is 1. The summed E-state index contributed by atoms with van der Waals surface area (Å²) in [6.07, 6.45) is 3.41. The number of aromatic nitrogens is 3. The molecule has 2 N–H and O–H groups in total. The lowest BCUT2D eigenvalue weighted by Gasteiger charge is -2.21. The summed E-state index contributed by atoms with van der Waals surface area (Å²) in [7, 11) is 0. The van der Waals surface area contributed by atoms with Gasteiger partial charge in [-0.25, -0.2) is 9.67 Å². The number of amides is 1. The number of nitrogens with one attached hydrogen (secondary N) is 1. The highest BCUT2D eigenvalue weighted by molar-refractivity contribution is 5.79. The Morgan fingerprint density at radius 2 is 2.59 bits per heavy atom. The van der Waals surface area contributed by atoms with Crippen LogP contribution in [0.1, 0.15) is 19.4 Å². The summed E-state index contributed by atoms with van der Waals surface area (Å²) >= 11 is 0. The van der Waals surface area contributed by atoms with Crippen molar-refractivity contribution in [2.24, 2.45) is 0 Å². The summed E-state index contributed by atoms with van der Waals surface area (Å²) in [6.45, 7) is 2.72. The van der Waals surface area contributed by atoms with E-state index in [1.165, 1.54) is 17.3 Å². The van der Waals surface area contributed by atoms with E-state index in [2.05, 4.69) is 15.4 Å². The predicted molar refractivity (Wildman–Crippen MR) is 58.1 cm³/mol. The Kier molecular flexibility index (Phi) is 3.39. The van der Waals surface area contributed by atoms with Crippen molar-refractivity contribution in [3.8, 4) is 0 Å². The Hall–Kier alpha value is -1.47. The summed E-state index contributed by atoms with van der Waals surface area (Å²) < 4.78 is 6.56. The van der Waals surface area contributed by atoms with Crippen molar-refractivity contribution in [3.63, 3.8) is 0 Å². The summed E-state index contributed by atoms with van der Waals surface area (Å²) in [6, 6.07) is -0.441. The van der Waals surface area contributed by atoms with Crippen LogP contribution >= 0.6 is 0 Å². The molecule has 0 radical (unpaired) electrons. The Morgan fingerprint density at radius 1 is 1.76 bits per heavy atom. The number of nitrogens with zero attached hydrogens (tertiary/aromatic N) is 3. The monoisotopic (exact) mass is 240 g/mol. The van der Waals surface area contributed by atoms with Gasteiger partial charge in [-0.3, -0.25) is 4.79 Å². The fourth-order valence-electron chi connectivity index (χ4n) is 1.67. The first-order valence-electron chi connectivity index (χ1n) is 5.53. The van der Waals surface area contributed by atoms with E-state index in [4.69, 9.17) is 4.74 Å². The first-order chi connectivity index (χ1) is 8.11. The second-order valence-electron chi connectivity index (χ2n) is 4.30. The molecule has 7 nitrogen and oxygen atoms in total. The van der Waals surface area contributed by atoms with Gasteiger partial charge in [0.25, 0.3) is 0 Å². The molecule has 1 amide bonds. The Labute approximate surface area is 98.8 Å². The minimum absolute atomic E-state index is 0.198. The molecule has 0 aliphatic carbocycles. The maximum Gasteiger partial charge on any atom is 0.244 e. The first-order valence-corrected chi connectivity index (χ1v) is 5.53. The third kappa shape index (κ3) is 2.80. The molecule has 0 bridgehead atoms. The van der Waals surface area contributed by atoms with E-state index < -0.39 is 11.6 Å². The molecule has 17 heavy (non-hydrogen) atoms. The highest BCUT2D eigenvalue weighted by Crippen LogP contribution is 2.17. The largest absolute Gasteiger partial charge is 0.386 e. The van der Waals surface area contributed by atoms with Gasteiger partial charge in [0.05, 0.1) is 6.61 Å². The molecule has 0 saturated carbocycles. The van der Waals surface area contributed by atoms with Crippen molar-refractivity contribution < 1.29 is 14.6 Å². The second-order valence-corrected chi connectivity index (χ2v) is 4.30.